The zero-order valence-electron chi connectivity index (χ0n) is 18.4. The largest absolute Gasteiger partial charge is 0.444 e. The standard InChI is InChI=1S/C23H29N3O5/c1-8-16-12-10-11-13-17(16)19(20(28)24-15(3)4)26(9-2)21(29)18(14-27)25-22(30)31-23(5,6)7/h1-2,10-13,15,18-19,27H,14H2,3-7H3,(H,24,28)(H,25,30). The zero-order valence-corrected chi connectivity index (χ0v) is 18.4. The molecule has 1 aromatic carbocycles. The second-order valence-electron chi connectivity index (χ2n) is 8.02. The summed E-state index contributed by atoms with van der Waals surface area (Å²) in [4.78, 5) is 39.0. The molecule has 2 atom stereocenters. The minimum absolute atomic E-state index is 0.240. The van der Waals surface area contributed by atoms with Crippen LogP contribution < -0.4 is 10.6 Å². The molecule has 1 aromatic rings. The normalized spacial score (nSPS) is 12.7. The van der Waals surface area contributed by atoms with Crippen molar-refractivity contribution in [3.63, 3.8) is 0 Å². The summed E-state index contributed by atoms with van der Waals surface area (Å²) in [5.74, 6) is 1.05. The lowest BCUT2D eigenvalue weighted by atomic mass is 9.98. The number of carbonyl (C=O) groups excluding carboxylic acids is 3. The SMILES string of the molecule is C#Cc1ccccc1C(C(=O)NC(C)C)N(C#C)C(=O)C(CO)NC(=O)OC(C)(C)C. The van der Waals surface area contributed by atoms with E-state index in [9.17, 15) is 19.5 Å². The number of carbonyl (C=O) groups is 3. The first kappa shape index (κ1) is 25.5. The Kier molecular flexibility index (Phi) is 9.11. The fourth-order valence-electron chi connectivity index (χ4n) is 2.70. The van der Waals surface area contributed by atoms with E-state index in [1.165, 1.54) is 0 Å². The molecule has 0 aliphatic rings. The lowest BCUT2D eigenvalue weighted by Crippen LogP contribution is -2.53. The van der Waals surface area contributed by atoms with Gasteiger partial charge in [-0.25, -0.2) is 4.79 Å². The van der Waals surface area contributed by atoms with Crippen LogP contribution in [0.3, 0.4) is 0 Å². The van der Waals surface area contributed by atoms with Crippen LogP contribution in [-0.2, 0) is 14.3 Å². The van der Waals surface area contributed by atoms with Crippen LogP contribution in [0.4, 0.5) is 4.79 Å². The molecule has 2 unspecified atom stereocenters. The van der Waals surface area contributed by atoms with E-state index in [0.717, 1.165) is 4.90 Å². The number of ether oxygens (including phenoxy) is 1. The third-order valence-corrected chi connectivity index (χ3v) is 3.90. The summed E-state index contributed by atoms with van der Waals surface area (Å²) in [5.41, 5.74) is -0.104. The van der Waals surface area contributed by atoms with Crippen molar-refractivity contribution in [2.45, 2.75) is 58.3 Å². The van der Waals surface area contributed by atoms with Crippen molar-refractivity contribution in [2.24, 2.45) is 0 Å². The summed E-state index contributed by atoms with van der Waals surface area (Å²) in [7, 11) is 0. The van der Waals surface area contributed by atoms with Crippen LogP contribution in [0, 0.1) is 24.8 Å². The van der Waals surface area contributed by atoms with Gasteiger partial charge in [-0.3, -0.25) is 14.5 Å². The summed E-state index contributed by atoms with van der Waals surface area (Å²) in [6.07, 6.45) is 10.2. The number of hydrogen-bond donors (Lipinski definition) is 3. The van der Waals surface area contributed by atoms with Crippen LogP contribution in [0.1, 0.15) is 51.8 Å². The van der Waals surface area contributed by atoms with Gasteiger partial charge < -0.3 is 20.5 Å². The average molecular weight is 428 g/mol. The predicted molar refractivity (Wildman–Crippen MR) is 116 cm³/mol. The number of alkyl carbamates (subject to hydrolysis) is 1. The molecule has 0 saturated carbocycles. The van der Waals surface area contributed by atoms with Gasteiger partial charge in [-0.05, 0) is 40.7 Å². The first-order chi connectivity index (χ1) is 14.4. The molecule has 1 rings (SSSR count). The van der Waals surface area contributed by atoms with Crippen LogP contribution in [0.25, 0.3) is 0 Å². The van der Waals surface area contributed by atoms with E-state index in [2.05, 4.69) is 22.6 Å². The summed E-state index contributed by atoms with van der Waals surface area (Å²) >= 11 is 0. The number of nitrogens with zero attached hydrogens (tertiary/aromatic N) is 1. The van der Waals surface area contributed by atoms with Crippen molar-refractivity contribution < 1.29 is 24.2 Å². The highest BCUT2D eigenvalue weighted by Crippen LogP contribution is 2.25. The Bertz CT molecular complexity index is 890. The molecule has 0 radical (unpaired) electrons. The lowest BCUT2D eigenvalue weighted by Gasteiger charge is -2.30. The highest BCUT2D eigenvalue weighted by atomic mass is 16.6. The molecule has 0 heterocycles. The Morgan fingerprint density at radius 1 is 1.16 bits per heavy atom. The van der Waals surface area contributed by atoms with Crippen molar-refractivity contribution in [3.8, 4) is 24.8 Å². The highest BCUT2D eigenvalue weighted by Gasteiger charge is 2.36. The third-order valence-electron chi connectivity index (χ3n) is 3.90. The van der Waals surface area contributed by atoms with E-state index >= 15 is 0 Å². The predicted octanol–water partition coefficient (Wildman–Crippen LogP) is 1.54. The molecular weight excluding hydrogens is 398 g/mol. The lowest BCUT2D eigenvalue weighted by molar-refractivity contribution is -0.139. The van der Waals surface area contributed by atoms with Crippen molar-refractivity contribution in [1.29, 1.82) is 0 Å². The Balaban J connectivity index is 3.35. The molecular formula is C23H29N3O5. The van der Waals surface area contributed by atoms with Gasteiger partial charge in [-0.1, -0.05) is 30.5 Å². The van der Waals surface area contributed by atoms with E-state index in [1.54, 1.807) is 58.9 Å². The van der Waals surface area contributed by atoms with Crippen LogP contribution in [-0.4, -0.2) is 52.2 Å². The van der Waals surface area contributed by atoms with Crippen molar-refractivity contribution in [1.82, 2.24) is 15.5 Å². The summed E-state index contributed by atoms with van der Waals surface area (Å²) in [6.45, 7) is 7.71. The average Bonchev–Trinajstić information content (AvgIpc) is 2.67. The molecule has 166 valence electrons. The smallest absolute Gasteiger partial charge is 0.408 e. The second-order valence-corrected chi connectivity index (χ2v) is 8.02. The molecule has 8 nitrogen and oxygen atoms in total. The summed E-state index contributed by atoms with van der Waals surface area (Å²) in [5, 5.41) is 14.7. The number of aliphatic hydroxyl groups excluding tert-OH is 1. The molecule has 3 amide bonds. The Morgan fingerprint density at radius 2 is 1.77 bits per heavy atom. The van der Waals surface area contributed by atoms with Gasteiger partial charge in [-0.15, -0.1) is 6.42 Å². The molecule has 0 bridgehead atoms. The third kappa shape index (κ3) is 7.36. The Morgan fingerprint density at radius 3 is 2.26 bits per heavy atom. The molecule has 0 aliphatic carbocycles. The van der Waals surface area contributed by atoms with Gasteiger partial charge in [0.05, 0.1) is 6.61 Å². The van der Waals surface area contributed by atoms with E-state index in [1.807, 2.05) is 0 Å². The molecule has 0 aromatic heterocycles. The summed E-state index contributed by atoms with van der Waals surface area (Å²) in [6, 6.07) is 5.81. The van der Waals surface area contributed by atoms with E-state index < -0.39 is 42.2 Å². The minimum atomic E-state index is -1.43. The van der Waals surface area contributed by atoms with Crippen LogP contribution in [0.15, 0.2) is 24.3 Å². The molecule has 3 N–H and O–H groups in total. The molecule has 8 heteroatoms. The number of terminal acetylenes is 2. The zero-order chi connectivity index (χ0) is 23.8. The van der Waals surface area contributed by atoms with Gasteiger partial charge in [-0.2, -0.15) is 0 Å². The topological polar surface area (TPSA) is 108 Å². The van der Waals surface area contributed by atoms with Crippen LogP contribution in [0.5, 0.6) is 0 Å². The van der Waals surface area contributed by atoms with E-state index in [4.69, 9.17) is 17.6 Å². The molecule has 0 spiro atoms. The van der Waals surface area contributed by atoms with Crippen molar-refractivity contribution in [2.75, 3.05) is 6.61 Å². The maximum absolute atomic E-state index is 13.1. The number of aliphatic hydroxyl groups is 1. The van der Waals surface area contributed by atoms with Crippen LogP contribution >= 0.6 is 0 Å². The maximum atomic E-state index is 13.1. The van der Waals surface area contributed by atoms with Gasteiger partial charge in [0.2, 0.25) is 5.91 Å². The Labute approximate surface area is 183 Å². The number of nitrogens with one attached hydrogen (secondary N) is 2. The number of amides is 3. The Hall–Kier alpha value is -3.49. The monoisotopic (exact) mass is 427 g/mol. The highest BCUT2D eigenvalue weighted by molar-refractivity contribution is 5.93. The van der Waals surface area contributed by atoms with Gasteiger partial charge >= 0.3 is 6.09 Å². The van der Waals surface area contributed by atoms with E-state index in [0.29, 0.717) is 11.1 Å². The molecule has 0 fully saturated rings. The first-order valence-electron chi connectivity index (χ1n) is 9.70. The molecule has 31 heavy (non-hydrogen) atoms. The van der Waals surface area contributed by atoms with Crippen LogP contribution in [0.2, 0.25) is 0 Å². The number of rotatable bonds is 7. The quantitative estimate of drug-likeness (QED) is 0.452. The molecule has 0 saturated heterocycles. The second kappa shape index (κ2) is 11.1. The number of benzene rings is 1. The maximum Gasteiger partial charge on any atom is 0.408 e. The van der Waals surface area contributed by atoms with E-state index in [-0.39, 0.29) is 6.04 Å². The minimum Gasteiger partial charge on any atom is -0.444 e. The number of hydrogen-bond acceptors (Lipinski definition) is 5. The van der Waals surface area contributed by atoms with Crippen molar-refractivity contribution in [3.05, 3.63) is 35.4 Å². The first-order valence-corrected chi connectivity index (χ1v) is 9.70. The fraction of sp³-hybridized carbons (Fsp3) is 0.435. The summed E-state index contributed by atoms with van der Waals surface area (Å²) < 4.78 is 5.13. The van der Waals surface area contributed by atoms with Gasteiger partial charge in [0.15, 0.2) is 0 Å². The van der Waals surface area contributed by atoms with Gasteiger partial charge in [0, 0.05) is 23.2 Å². The fourth-order valence-corrected chi connectivity index (χ4v) is 2.70. The van der Waals surface area contributed by atoms with Crippen molar-refractivity contribution >= 4 is 17.9 Å². The molecule has 0 aliphatic heterocycles. The van der Waals surface area contributed by atoms with Gasteiger partial charge in [0.25, 0.3) is 5.91 Å². The van der Waals surface area contributed by atoms with Gasteiger partial charge in [0.1, 0.15) is 17.7 Å².